The van der Waals surface area contributed by atoms with Crippen LogP contribution in [0, 0.1) is 5.41 Å². The summed E-state index contributed by atoms with van der Waals surface area (Å²) in [6.07, 6.45) is 1.30. The third-order valence-corrected chi connectivity index (χ3v) is 2.72. The Morgan fingerprint density at radius 2 is 2.25 bits per heavy atom. The van der Waals surface area contributed by atoms with Gasteiger partial charge in [0.05, 0.1) is 0 Å². The van der Waals surface area contributed by atoms with Gasteiger partial charge in [0.1, 0.15) is 6.10 Å². The van der Waals surface area contributed by atoms with E-state index in [1.165, 1.54) is 6.92 Å². The Balaban J connectivity index is 2.38. The maximum atomic E-state index is 11.1. The molecule has 0 radical (unpaired) electrons. The average Bonchev–Trinajstić information content (AvgIpc) is 1.97. The summed E-state index contributed by atoms with van der Waals surface area (Å²) in [4.78, 5) is 11.1. The molecule has 0 aromatic carbocycles. The molecule has 2 N–H and O–H groups in total. The van der Waals surface area contributed by atoms with Gasteiger partial charge < -0.3 is 10.4 Å². The molecule has 0 aliphatic heterocycles. The molecule has 3 heteroatoms. The van der Waals surface area contributed by atoms with E-state index in [4.69, 9.17) is 5.11 Å². The fourth-order valence-electron chi connectivity index (χ4n) is 1.43. The Bertz CT molecular complexity index is 187. The molecule has 1 amide bonds. The molecule has 1 saturated carbocycles. The van der Waals surface area contributed by atoms with Gasteiger partial charge in [-0.2, -0.15) is 0 Å². The highest BCUT2D eigenvalue weighted by atomic mass is 16.3. The fraction of sp³-hybridized carbons (Fsp3) is 0.889. The second-order valence-electron chi connectivity index (χ2n) is 4.26. The van der Waals surface area contributed by atoms with E-state index in [0.29, 0.717) is 0 Å². The normalized spacial score (nSPS) is 28.8. The van der Waals surface area contributed by atoms with Crippen molar-refractivity contribution in [1.82, 2.24) is 5.32 Å². The van der Waals surface area contributed by atoms with E-state index in [2.05, 4.69) is 19.2 Å². The summed E-state index contributed by atoms with van der Waals surface area (Å²) < 4.78 is 0. The van der Waals surface area contributed by atoms with Gasteiger partial charge in [0.2, 0.25) is 5.91 Å². The number of carbonyl (C=O) groups excluding carboxylic acids is 1. The predicted octanol–water partition coefficient (Wildman–Crippen LogP) is 0.672. The number of hydrogen-bond acceptors (Lipinski definition) is 2. The summed E-state index contributed by atoms with van der Waals surface area (Å²) in [5.74, 6) is -0.257. The molecular formula is C9H17NO2. The van der Waals surface area contributed by atoms with Crippen molar-refractivity contribution in [3.8, 4) is 0 Å². The smallest absolute Gasteiger partial charge is 0.248 e. The van der Waals surface area contributed by atoms with Crippen LogP contribution in [0.2, 0.25) is 0 Å². The molecule has 1 aliphatic carbocycles. The Hall–Kier alpha value is -0.570. The highest BCUT2D eigenvalue weighted by molar-refractivity contribution is 5.80. The van der Waals surface area contributed by atoms with E-state index >= 15 is 0 Å². The van der Waals surface area contributed by atoms with Crippen LogP contribution in [0.15, 0.2) is 0 Å². The quantitative estimate of drug-likeness (QED) is 0.641. The van der Waals surface area contributed by atoms with Gasteiger partial charge in [0.15, 0.2) is 0 Å². The number of amides is 1. The molecule has 0 aromatic heterocycles. The fourth-order valence-corrected chi connectivity index (χ4v) is 1.43. The summed E-state index contributed by atoms with van der Waals surface area (Å²) in [6.45, 7) is 5.74. The van der Waals surface area contributed by atoms with Gasteiger partial charge in [0.25, 0.3) is 0 Å². The van der Waals surface area contributed by atoms with Crippen molar-refractivity contribution in [2.75, 3.05) is 0 Å². The van der Waals surface area contributed by atoms with E-state index < -0.39 is 6.10 Å². The van der Waals surface area contributed by atoms with Crippen LogP contribution in [0.4, 0.5) is 0 Å². The van der Waals surface area contributed by atoms with E-state index in [1.54, 1.807) is 0 Å². The molecule has 1 unspecified atom stereocenters. The molecule has 3 nitrogen and oxygen atoms in total. The van der Waals surface area contributed by atoms with Crippen LogP contribution in [0.3, 0.4) is 0 Å². The predicted molar refractivity (Wildman–Crippen MR) is 46.6 cm³/mol. The minimum Gasteiger partial charge on any atom is -0.384 e. The maximum Gasteiger partial charge on any atom is 0.248 e. The zero-order valence-electron chi connectivity index (χ0n) is 7.92. The SMILES string of the molecule is C[C@@H](O)C(=O)NC1CCC1(C)C. The standard InChI is InChI=1S/C9H17NO2/c1-6(11)8(12)10-7-4-5-9(7,2)3/h6-7,11H,4-5H2,1-3H3,(H,10,12)/t6-,7?/m1/s1. The van der Waals surface area contributed by atoms with E-state index in [0.717, 1.165) is 12.8 Å². The average molecular weight is 171 g/mol. The van der Waals surface area contributed by atoms with Gasteiger partial charge in [0, 0.05) is 6.04 Å². The monoisotopic (exact) mass is 171 g/mol. The largest absolute Gasteiger partial charge is 0.384 e. The van der Waals surface area contributed by atoms with Gasteiger partial charge in [-0.15, -0.1) is 0 Å². The van der Waals surface area contributed by atoms with Crippen molar-refractivity contribution in [1.29, 1.82) is 0 Å². The summed E-state index contributed by atoms with van der Waals surface area (Å²) >= 11 is 0. The Kier molecular flexibility index (Phi) is 2.42. The van der Waals surface area contributed by atoms with Gasteiger partial charge in [-0.1, -0.05) is 13.8 Å². The zero-order chi connectivity index (χ0) is 9.35. The van der Waals surface area contributed by atoms with Crippen LogP contribution in [-0.2, 0) is 4.79 Å². The first-order valence-electron chi connectivity index (χ1n) is 4.42. The molecule has 2 atom stereocenters. The van der Waals surface area contributed by atoms with E-state index in [1.807, 2.05) is 0 Å². The number of aliphatic hydroxyl groups excluding tert-OH is 1. The molecule has 1 fully saturated rings. The first-order valence-corrected chi connectivity index (χ1v) is 4.42. The number of aliphatic hydroxyl groups is 1. The highest BCUT2D eigenvalue weighted by Gasteiger charge is 2.39. The lowest BCUT2D eigenvalue weighted by molar-refractivity contribution is -0.131. The van der Waals surface area contributed by atoms with Crippen LogP contribution in [0.25, 0.3) is 0 Å². The van der Waals surface area contributed by atoms with Crippen LogP contribution in [-0.4, -0.2) is 23.2 Å². The second kappa shape index (κ2) is 3.05. The molecule has 1 rings (SSSR count). The third-order valence-electron chi connectivity index (χ3n) is 2.72. The van der Waals surface area contributed by atoms with Gasteiger partial charge in [-0.05, 0) is 25.2 Å². The van der Waals surface area contributed by atoms with E-state index in [9.17, 15) is 4.79 Å². The van der Waals surface area contributed by atoms with E-state index in [-0.39, 0.29) is 17.4 Å². The summed E-state index contributed by atoms with van der Waals surface area (Å²) in [5.41, 5.74) is 0.213. The van der Waals surface area contributed by atoms with Crippen molar-refractivity contribution < 1.29 is 9.90 Å². The molecule has 0 saturated heterocycles. The molecule has 1 aliphatic rings. The number of hydrogen-bond donors (Lipinski definition) is 2. The molecule has 0 bridgehead atoms. The number of nitrogens with one attached hydrogen (secondary N) is 1. The van der Waals surface area contributed by atoms with Gasteiger partial charge in [-0.25, -0.2) is 0 Å². The molecule has 70 valence electrons. The maximum absolute atomic E-state index is 11.1. The number of carbonyl (C=O) groups is 1. The molecule has 0 heterocycles. The van der Waals surface area contributed by atoms with Crippen LogP contribution >= 0.6 is 0 Å². The minimum absolute atomic E-state index is 0.213. The third kappa shape index (κ3) is 1.78. The van der Waals surface area contributed by atoms with Crippen molar-refractivity contribution in [2.24, 2.45) is 5.41 Å². The minimum atomic E-state index is -0.888. The Labute approximate surface area is 73.2 Å². The van der Waals surface area contributed by atoms with Crippen molar-refractivity contribution in [3.63, 3.8) is 0 Å². The first kappa shape index (κ1) is 9.52. The highest BCUT2D eigenvalue weighted by Crippen LogP contribution is 2.39. The number of rotatable bonds is 2. The van der Waals surface area contributed by atoms with Crippen LogP contribution < -0.4 is 5.32 Å². The van der Waals surface area contributed by atoms with Crippen molar-refractivity contribution in [3.05, 3.63) is 0 Å². The zero-order valence-corrected chi connectivity index (χ0v) is 7.92. The molecular weight excluding hydrogens is 154 g/mol. The summed E-state index contributed by atoms with van der Waals surface area (Å²) in [6, 6.07) is 0.250. The Morgan fingerprint density at radius 3 is 2.50 bits per heavy atom. The summed E-state index contributed by atoms with van der Waals surface area (Å²) in [5, 5.41) is 11.8. The van der Waals surface area contributed by atoms with Gasteiger partial charge >= 0.3 is 0 Å². The Morgan fingerprint density at radius 1 is 1.67 bits per heavy atom. The first-order chi connectivity index (χ1) is 5.43. The van der Waals surface area contributed by atoms with Crippen LogP contribution in [0.1, 0.15) is 33.6 Å². The van der Waals surface area contributed by atoms with Crippen molar-refractivity contribution >= 4 is 5.91 Å². The lowest BCUT2D eigenvalue weighted by atomic mass is 9.67. The van der Waals surface area contributed by atoms with Crippen molar-refractivity contribution in [2.45, 2.75) is 45.8 Å². The molecule has 12 heavy (non-hydrogen) atoms. The lowest BCUT2D eigenvalue weighted by Gasteiger charge is -2.44. The second-order valence-corrected chi connectivity index (χ2v) is 4.26. The van der Waals surface area contributed by atoms with Gasteiger partial charge in [-0.3, -0.25) is 4.79 Å². The molecule has 0 aromatic rings. The topological polar surface area (TPSA) is 49.3 Å². The molecule has 0 spiro atoms. The van der Waals surface area contributed by atoms with Crippen LogP contribution in [0.5, 0.6) is 0 Å². The summed E-state index contributed by atoms with van der Waals surface area (Å²) in [7, 11) is 0. The lowest BCUT2D eigenvalue weighted by Crippen LogP contribution is -2.54.